The molecule has 1 heterocycles. The number of amides is 1. The Kier molecular flexibility index (Phi) is 6.84. The van der Waals surface area contributed by atoms with Crippen LogP contribution in [0.4, 0.5) is 0 Å². The Hall–Kier alpha value is -2.78. The summed E-state index contributed by atoms with van der Waals surface area (Å²) in [4.78, 5) is 14.8. The molecule has 1 aliphatic heterocycles. The number of hydrogen-bond donors (Lipinski definition) is 1. The molecule has 1 saturated heterocycles. The van der Waals surface area contributed by atoms with Crippen LogP contribution in [0.1, 0.15) is 23.2 Å². The maximum absolute atomic E-state index is 12.9. The summed E-state index contributed by atoms with van der Waals surface area (Å²) in [6, 6.07) is 11.0. The first-order valence-electron chi connectivity index (χ1n) is 9.55. The fraction of sp³-hybridized carbons (Fsp3) is 0.381. The summed E-state index contributed by atoms with van der Waals surface area (Å²) in [5.74, 6) is 1.54. The summed E-state index contributed by atoms with van der Waals surface area (Å²) in [5.41, 5.74) is 0.475. The number of carbonyl (C=O) groups is 1. The largest absolute Gasteiger partial charge is 0.497 e. The number of benzene rings is 2. The Bertz CT molecular complexity index is 961. The fourth-order valence-corrected chi connectivity index (χ4v) is 4.66. The van der Waals surface area contributed by atoms with Gasteiger partial charge in [0, 0.05) is 30.8 Å². The van der Waals surface area contributed by atoms with E-state index in [1.165, 1.54) is 33.5 Å². The second kappa shape index (κ2) is 9.36. The van der Waals surface area contributed by atoms with Crippen molar-refractivity contribution in [2.45, 2.75) is 23.8 Å². The standard InChI is InChI=1S/C21H26N2O6S/c1-27-17-4-6-20(7-5-17)30(25,26)22-16-8-10-23(11-9-16)21(24)15-12-18(28-2)14-19(13-15)29-3/h4-7,12-14,16,22H,8-11H2,1-3H3. The van der Waals surface area contributed by atoms with Crippen LogP contribution in [-0.4, -0.2) is 59.7 Å². The molecule has 2 aromatic carbocycles. The second-order valence-electron chi connectivity index (χ2n) is 6.96. The number of nitrogens with one attached hydrogen (secondary N) is 1. The maximum atomic E-state index is 12.9. The Labute approximate surface area is 176 Å². The average molecular weight is 435 g/mol. The van der Waals surface area contributed by atoms with Gasteiger partial charge in [-0.25, -0.2) is 13.1 Å². The number of sulfonamides is 1. The Morgan fingerprint density at radius 3 is 1.93 bits per heavy atom. The fourth-order valence-electron chi connectivity index (χ4n) is 3.36. The molecular formula is C21H26N2O6S. The summed E-state index contributed by atoms with van der Waals surface area (Å²) in [6.07, 6.45) is 1.06. The monoisotopic (exact) mass is 434 g/mol. The summed E-state index contributed by atoms with van der Waals surface area (Å²) in [5, 5.41) is 0. The number of hydrogen-bond acceptors (Lipinski definition) is 6. The summed E-state index contributed by atoms with van der Waals surface area (Å²) >= 11 is 0. The van der Waals surface area contributed by atoms with Crippen molar-refractivity contribution in [3.63, 3.8) is 0 Å². The van der Waals surface area contributed by atoms with Crippen molar-refractivity contribution in [1.82, 2.24) is 9.62 Å². The number of nitrogens with zero attached hydrogens (tertiary/aromatic N) is 1. The van der Waals surface area contributed by atoms with E-state index < -0.39 is 10.0 Å². The molecule has 162 valence electrons. The van der Waals surface area contributed by atoms with E-state index >= 15 is 0 Å². The van der Waals surface area contributed by atoms with Gasteiger partial charge < -0.3 is 19.1 Å². The normalized spacial score (nSPS) is 15.0. The van der Waals surface area contributed by atoms with Crippen LogP contribution in [0, 0.1) is 0 Å². The van der Waals surface area contributed by atoms with Crippen LogP contribution in [-0.2, 0) is 10.0 Å². The van der Waals surface area contributed by atoms with Gasteiger partial charge in [-0.3, -0.25) is 4.79 Å². The van der Waals surface area contributed by atoms with E-state index in [-0.39, 0.29) is 16.8 Å². The molecule has 2 aromatic rings. The van der Waals surface area contributed by atoms with E-state index in [0.717, 1.165) is 0 Å². The third-order valence-electron chi connectivity index (χ3n) is 5.07. The number of likely N-dealkylation sites (tertiary alicyclic amines) is 1. The molecule has 30 heavy (non-hydrogen) atoms. The van der Waals surface area contributed by atoms with E-state index in [1.54, 1.807) is 35.2 Å². The number of methoxy groups -OCH3 is 3. The zero-order valence-corrected chi connectivity index (χ0v) is 18.1. The third kappa shape index (κ3) is 5.03. The highest BCUT2D eigenvalue weighted by atomic mass is 32.2. The predicted octanol–water partition coefficient (Wildman–Crippen LogP) is 2.30. The van der Waals surface area contributed by atoms with Crippen molar-refractivity contribution in [3.05, 3.63) is 48.0 Å². The van der Waals surface area contributed by atoms with Gasteiger partial charge in [0.1, 0.15) is 17.2 Å². The Balaban J connectivity index is 1.62. The minimum absolute atomic E-state index is 0.135. The Morgan fingerprint density at radius 1 is 0.900 bits per heavy atom. The zero-order valence-electron chi connectivity index (χ0n) is 17.3. The van der Waals surface area contributed by atoms with Gasteiger partial charge >= 0.3 is 0 Å². The average Bonchev–Trinajstić information content (AvgIpc) is 2.78. The minimum atomic E-state index is -3.63. The lowest BCUT2D eigenvalue weighted by atomic mass is 10.0. The van der Waals surface area contributed by atoms with Crippen LogP contribution in [0.5, 0.6) is 17.2 Å². The van der Waals surface area contributed by atoms with Gasteiger partial charge in [0.15, 0.2) is 0 Å². The smallest absolute Gasteiger partial charge is 0.254 e. The molecule has 0 atom stereocenters. The lowest BCUT2D eigenvalue weighted by molar-refractivity contribution is 0.0710. The molecule has 1 N–H and O–H groups in total. The maximum Gasteiger partial charge on any atom is 0.254 e. The van der Waals surface area contributed by atoms with Crippen LogP contribution in [0.25, 0.3) is 0 Å². The topological polar surface area (TPSA) is 94.2 Å². The minimum Gasteiger partial charge on any atom is -0.497 e. The number of carbonyl (C=O) groups excluding carboxylic acids is 1. The van der Waals surface area contributed by atoms with E-state index in [4.69, 9.17) is 14.2 Å². The molecular weight excluding hydrogens is 408 g/mol. The first-order valence-corrected chi connectivity index (χ1v) is 11.0. The number of ether oxygens (including phenoxy) is 3. The van der Waals surface area contributed by atoms with E-state index in [9.17, 15) is 13.2 Å². The molecule has 0 spiro atoms. The van der Waals surface area contributed by atoms with Crippen molar-refractivity contribution in [3.8, 4) is 17.2 Å². The molecule has 0 aromatic heterocycles. The van der Waals surface area contributed by atoms with Gasteiger partial charge in [-0.2, -0.15) is 0 Å². The SMILES string of the molecule is COc1ccc(S(=O)(=O)NC2CCN(C(=O)c3cc(OC)cc(OC)c3)CC2)cc1. The zero-order chi connectivity index (χ0) is 21.7. The van der Waals surface area contributed by atoms with E-state index in [2.05, 4.69) is 4.72 Å². The molecule has 1 amide bonds. The van der Waals surface area contributed by atoms with Crippen molar-refractivity contribution >= 4 is 15.9 Å². The molecule has 0 bridgehead atoms. The number of rotatable bonds is 7. The second-order valence-corrected chi connectivity index (χ2v) is 8.68. The first kappa shape index (κ1) is 21.9. The lowest BCUT2D eigenvalue weighted by Crippen LogP contribution is -2.46. The summed E-state index contributed by atoms with van der Waals surface area (Å²) < 4.78 is 43.5. The third-order valence-corrected chi connectivity index (χ3v) is 6.61. The van der Waals surface area contributed by atoms with Gasteiger partial charge in [0.2, 0.25) is 10.0 Å². The van der Waals surface area contributed by atoms with Crippen LogP contribution in [0.2, 0.25) is 0 Å². The van der Waals surface area contributed by atoms with Gasteiger partial charge in [-0.15, -0.1) is 0 Å². The molecule has 8 nitrogen and oxygen atoms in total. The Morgan fingerprint density at radius 2 is 1.43 bits per heavy atom. The lowest BCUT2D eigenvalue weighted by Gasteiger charge is -2.32. The van der Waals surface area contributed by atoms with E-state index in [0.29, 0.717) is 48.7 Å². The highest BCUT2D eigenvalue weighted by molar-refractivity contribution is 7.89. The summed E-state index contributed by atoms with van der Waals surface area (Å²) in [7, 11) is 0.954. The predicted molar refractivity (Wildman–Crippen MR) is 112 cm³/mol. The van der Waals surface area contributed by atoms with Crippen molar-refractivity contribution in [2.75, 3.05) is 34.4 Å². The van der Waals surface area contributed by atoms with Gasteiger partial charge in [0.25, 0.3) is 5.91 Å². The molecule has 0 aliphatic carbocycles. The van der Waals surface area contributed by atoms with Gasteiger partial charge in [0.05, 0.1) is 26.2 Å². The van der Waals surface area contributed by atoms with Crippen LogP contribution in [0.3, 0.4) is 0 Å². The van der Waals surface area contributed by atoms with Gasteiger partial charge in [-0.1, -0.05) is 0 Å². The molecule has 0 radical (unpaired) electrons. The molecule has 3 rings (SSSR count). The van der Waals surface area contributed by atoms with E-state index in [1.807, 2.05) is 0 Å². The molecule has 1 fully saturated rings. The van der Waals surface area contributed by atoms with Crippen molar-refractivity contribution < 1.29 is 27.4 Å². The summed E-state index contributed by atoms with van der Waals surface area (Å²) in [6.45, 7) is 0.905. The highest BCUT2D eigenvalue weighted by Gasteiger charge is 2.27. The molecule has 0 saturated carbocycles. The van der Waals surface area contributed by atoms with Crippen LogP contribution >= 0.6 is 0 Å². The van der Waals surface area contributed by atoms with Crippen LogP contribution in [0.15, 0.2) is 47.4 Å². The number of piperidine rings is 1. The van der Waals surface area contributed by atoms with Gasteiger partial charge in [-0.05, 0) is 49.2 Å². The quantitative estimate of drug-likeness (QED) is 0.719. The van der Waals surface area contributed by atoms with Crippen molar-refractivity contribution in [1.29, 1.82) is 0 Å². The van der Waals surface area contributed by atoms with Crippen LogP contribution < -0.4 is 18.9 Å². The molecule has 1 aliphatic rings. The first-order chi connectivity index (χ1) is 14.4. The molecule has 9 heteroatoms. The highest BCUT2D eigenvalue weighted by Crippen LogP contribution is 2.25. The van der Waals surface area contributed by atoms with Crippen molar-refractivity contribution in [2.24, 2.45) is 0 Å². The molecule has 0 unspecified atom stereocenters.